The number of ketones is 4. The number of nitrogens with two attached hydrogens (primary N) is 1. The Kier molecular flexibility index (Phi) is 30.7. The number of carbonyl (C=O) groups is 6. The van der Waals surface area contributed by atoms with Gasteiger partial charge in [0, 0.05) is 199 Å². The summed E-state index contributed by atoms with van der Waals surface area (Å²) in [5.41, 5.74) is 22.3. The van der Waals surface area contributed by atoms with Crippen LogP contribution in [0.1, 0.15) is 93.0 Å². The molecule has 30 heteroatoms. The number of allylic oxidation sites excluding steroid dienone is 12. The van der Waals surface area contributed by atoms with E-state index < -0.39 is 0 Å². The van der Waals surface area contributed by atoms with E-state index in [1.807, 2.05) is 188 Å². The fourth-order valence-corrected chi connectivity index (χ4v) is 27.6. The molecule has 14 aromatic rings. The second-order valence-corrected chi connectivity index (χ2v) is 42.8. The van der Waals surface area contributed by atoms with Gasteiger partial charge in [-0.1, -0.05) is 161 Å². The van der Waals surface area contributed by atoms with Crippen LogP contribution in [0.2, 0.25) is 0 Å². The van der Waals surface area contributed by atoms with E-state index in [1.165, 1.54) is 40.9 Å². The van der Waals surface area contributed by atoms with E-state index in [1.54, 1.807) is 105 Å². The van der Waals surface area contributed by atoms with Crippen molar-refractivity contribution in [1.29, 1.82) is 0 Å². The Morgan fingerprint density at radius 2 is 0.639 bits per heavy atom. The van der Waals surface area contributed by atoms with Crippen LogP contribution in [0.3, 0.4) is 0 Å². The van der Waals surface area contributed by atoms with E-state index in [0.717, 1.165) is 184 Å². The van der Waals surface area contributed by atoms with Crippen LogP contribution in [0.15, 0.2) is 349 Å². The first-order valence-corrected chi connectivity index (χ1v) is 56.2. The lowest BCUT2D eigenvalue weighted by Gasteiger charge is -2.24. The normalized spacial score (nSPS) is 17.3. The highest BCUT2D eigenvalue weighted by molar-refractivity contribution is 8.04. The predicted octanol–water partition coefficient (Wildman–Crippen LogP) is 23.9. The topological polar surface area (TPSA) is 222 Å². The van der Waals surface area contributed by atoms with Crippen molar-refractivity contribution in [1.82, 2.24) is 0 Å². The number of aromatic nitrogens is 4. The number of hydrogen-bond donors (Lipinski definition) is 1. The molecule has 22 nitrogen and oxygen atoms in total. The number of para-hydroxylation sites is 12. The van der Waals surface area contributed by atoms with Gasteiger partial charge in [-0.3, -0.25) is 24.0 Å². The third-order valence-electron chi connectivity index (χ3n) is 25.8. The number of thioether (sulfide) groups is 4. The number of rotatable bonds is 31. The molecule has 0 radical (unpaired) electrons. The maximum Gasteiger partial charge on any atom is 0.298 e. The quantitative estimate of drug-likeness (QED) is 0.0185. The van der Waals surface area contributed by atoms with E-state index in [9.17, 15) is 28.8 Å². The number of hydrogen-bond acceptors (Lipinski definition) is 26. The van der Waals surface area contributed by atoms with Gasteiger partial charge in [-0.15, -0.1) is 47.0 Å². The summed E-state index contributed by atoms with van der Waals surface area (Å²) >= 11 is 13.3. The molecule has 0 bridgehead atoms. The predicted molar refractivity (Wildman–Crippen MR) is 596 cm³/mol. The zero-order valence-corrected chi connectivity index (χ0v) is 88.7. The lowest BCUT2D eigenvalue weighted by Crippen LogP contribution is -2.34. The number of fused-ring (bicyclic) bond motifs is 9. The lowest BCUT2D eigenvalue weighted by atomic mass is 9.89. The van der Waals surface area contributed by atoms with Crippen molar-refractivity contribution in [2.24, 2.45) is 5.73 Å². The Balaban J connectivity index is 0.000000119. The van der Waals surface area contributed by atoms with Gasteiger partial charge in [0.15, 0.2) is 57.6 Å². The minimum absolute atomic E-state index is 0.0109. The summed E-state index contributed by atoms with van der Waals surface area (Å²) < 4.78 is 54.4. The van der Waals surface area contributed by atoms with Gasteiger partial charge in [-0.2, -0.15) is 18.3 Å². The van der Waals surface area contributed by atoms with Crippen molar-refractivity contribution < 1.29 is 80.2 Å². The van der Waals surface area contributed by atoms with Crippen LogP contribution in [0.5, 0.6) is 40.2 Å². The molecule has 740 valence electrons. The Morgan fingerprint density at radius 1 is 0.340 bits per heavy atom. The summed E-state index contributed by atoms with van der Waals surface area (Å²) in [4.78, 5) is 87.8. The lowest BCUT2D eigenvalue weighted by molar-refractivity contribution is -0.665. The standard InChI is InChI=1S/2C32H27N2O4S2.C27H25N2O3S2.C26H26N3O2S2/c1-3-33-23-9-5-7-11-25(23)38-29(33)16-21-31(35)22(17-30-34(4-2)24-10-6-8-12-28(24)40-30)32(21)39-18-20-13-14-26-27(15-20)37-19-36-26;1-3-33-25-9-5-7-11-27(25)38-29(33)17-23-31(36)24(18-30-34(4-2)26-10-6-8-12-28(26)40-30)32(23)39-19-21-13-15-22(16-14-21)37-20-35;1-3-28-20-10-5-7-12-22(20)32-24(28)16-18-26(31)19(27(18)33-15-9-14-30)17-25-29(4-2)21-11-6-8-13-23(21)34-25;1-3-28-19-9-5-7-11-21(19)31-23(28)15-17-25(30)18(26(17)32-14-13-27)16-24-29(4-2)20-10-6-8-12-22(20)33-24/h5-17H,3-4,18-19H2,1-2H3;5-18,20H,3-4,19H2,1-2H3;5-8,10-14,16-17H,3-4,9,15H2,1-2H3;5-12,15-16H,3-4,13-14,27H2,1-2H3/q4*+1. The van der Waals surface area contributed by atoms with E-state index in [4.69, 9.17) is 38.9 Å². The SMILES string of the molecule is CCN1/C(=C\C2=C(SCCC=O)C(=C\c3sc4ccccc4[n+]3CC)/C2=O)Oc2ccccc21.CCN1/C(=C\C2=C(SCCN)C(=C\c3sc4ccccc4[n+]3CC)/C2=O)Oc2ccccc21.CCN1/C(=C\C2=C(SCc3ccc(OC=O)cc3)C(=C\c3sc4ccccc4[n+]3CC)/C2=O)Oc2ccccc21.CCN1/C(=C\C2=C(SCc3ccc4c(c3)OCO4)C(=C\c3sc4ccccc4[n+]3CC)/C2=O)Oc2ccccc21. The highest BCUT2D eigenvalue weighted by atomic mass is 32.2. The van der Waals surface area contributed by atoms with Crippen molar-refractivity contribution in [3.8, 4) is 40.2 Å². The average molecular weight is 2100 g/mol. The summed E-state index contributed by atoms with van der Waals surface area (Å²) in [6, 6.07) is 78.5. The molecule has 0 atom stereocenters. The molecule has 4 aromatic heterocycles. The van der Waals surface area contributed by atoms with Gasteiger partial charge in [0.25, 0.3) is 26.5 Å². The van der Waals surface area contributed by atoms with Crippen LogP contribution in [0.25, 0.3) is 65.2 Å². The van der Waals surface area contributed by atoms with Crippen molar-refractivity contribution in [3.63, 3.8) is 0 Å². The van der Waals surface area contributed by atoms with Crippen molar-refractivity contribution in [2.75, 3.05) is 70.6 Å². The minimum atomic E-state index is 0.0109. The molecular formula is C117H105N9O13S8+4. The number of anilines is 4. The molecule has 23 rings (SSSR count). The summed E-state index contributed by atoms with van der Waals surface area (Å²) in [5, 5.41) is 4.25. The monoisotopic (exact) mass is 2100 g/mol. The van der Waals surface area contributed by atoms with Gasteiger partial charge in [-0.05, 0) is 164 Å². The molecule has 2 N–H and O–H groups in total. The first-order chi connectivity index (χ1) is 72.1. The van der Waals surface area contributed by atoms with Crippen LogP contribution in [0.4, 0.5) is 22.7 Å². The van der Waals surface area contributed by atoms with E-state index in [0.29, 0.717) is 99.4 Å². The van der Waals surface area contributed by atoms with Gasteiger partial charge in [0.05, 0.1) is 22.7 Å². The minimum Gasteiger partial charge on any atom is -0.454 e. The Bertz CT molecular complexity index is 8060. The summed E-state index contributed by atoms with van der Waals surface area (Å²) in [7, 11) is 0. The maximum absolute atomic E-state index is 13.7. The Hall–Kier alpha value is -14.2. The molecule has 4 aliphatic carbocycles. The van der Waals surface area contributed by atoms with Crippen LogP contribution in [0, 0.1) is 0 Å². The van der Waals surface area contributed by atoms with Gasteiger partial charge >= 0.3 is 0 Å². The third-order valence-corrected chi connectivity index (χ3v) is 35.0. The second-order valence-electron chi connectivity index (χ2n) is 34.4. The smallest absolute Gasteiger partial charge is 0.298 e. The van der Waals surface area contributed by atoms with E-state index in [2.05, 4.69) is 178 Å². The molecule has 5 aliphatic heterocycles. The molecular weight excluding hydrogens is 2000 g/mol. The largest absolute Gasteiger partial charge is 0.454 e. The zero-order valence-electron chi connectivity index (χ0n) is 82.1. The first-order valence-electron chi connectivity index (χ1n) is 49.0. The van der Waals surface area contributed by atoms with Gasteiger partial charge in [-0.25, -0.2) is 0 Å². The second kappa shape index (κ2) is 45.0. The first kappa shape index (κ1) is 100. The number of thiazole rings is 4. The van der Waals surface area contributed by atoms with E-state index >= 15 is 0 Å². The fourth-order valence-electron chi connectivity index (χ4n) is 18.7. The molecule has 9 aliphatic rings. The van der Waals surface area contributed by atoms with Gasteiger partial charge in [0.2, 0.25) is 52.4 Å². The number of carbonyl (C=O) groups excluding carboxylic acids is 6. The van der Waals surface area contributed by atoms with Crippen LogP contribution < -0.4 is 76.8 Å². The molecule has 0 spiro atoms. The number of ether oxygens (including phenoxy) is 7. The highest BCUT2D eigenvalue weighted by Crippen LogP contribution is 2.52. The fraction of sp³-hybridized carbons (Fsp3) is 0.197. The molecule has 9 heterocycles. The molecule has 0 amide bonds. The number of Topliss-reactive ketones (excluding diaryl/α,β-unsaturated/α-hetero) is 4. The van der Waals surface area contributed by atoms with Crippen molar-refractivity contribution in [2.45, 2.75) is 99.5 Å². The summed E-state index contributed by atoms with van der Waals surface area (Å²) in [6.45, 7) is 24.3. The number of aryl methyl sites for hydroxylation is 4. The summed E-state index contributed by atoms with van der Waals surface area (Å²) in [5.74, 6) is 10.8. The molecule has 0 unspecified atom stereocenters. The van der Waals surface area contributed by atoms with Crippen molar-refractivity contribution >= 4 is 216 Å². The molecule has 147 heavy (non-hydrogen) atoms. The Labute approximate surface area is 885 Å². The number of aldehydes is 1. The average Bonchev–Trinajstić information content (AvgIpc) is 1.69. The van der Waals surface area contributed by atoms with Crippen LogP contribution in [-0.4, -0.2) is 86.9 Å². The maximum atomic E-state index is 13.7. The highest BCUT2D eigenvalue weighted by Gasteiger charge is 2.43. The molecule has 0 fully saturated rings. The van der Waals surface area contributed by atoms with Gasteiger partial charge < -0.3 is 63.3 Å². The molecule has 10 aromatic carbocycles. The Morgan fingerprint density at radius 3 is 0.959 bits per heavy atom. The zero-order chi connectivity index (χ0) is 101. The molecule has 0 saturated heterocycles. The van der Waals surface area contributed by atoms with Crippen LogP contribution >= 0.6 is 92.4 Å². The summed E-state index contributed by atoms with van der Waals surface area (Å²) in [6.07, 6.45) is 17.0. The molecule has 0 saturated carbocycles. The van der Waals surface area contributed by atoms with Gasteiger partial charge in [0.1, 0.15) is 57.0 Å². The number of benzene rings is 10. The van der Waals surface area contributed by atoms with Crippen molar-refractivity contribution in [3.05, 3.63) is 380 Å². The van der Waals surface area contributed by atoms with E-state index in [-0.39, 0.29) is 29.9 Å². The van der Waals surface area contributed by atoms with Crippen LogP contribution in [-0.2, 0) is 66.5 Å². The third kappa shape index (κ3) is 20.1. The number of nitrogens with zero attached hydrogens (tertiary/aromatic N) is 8.